The van der Waals surface area contributed by atoms with E-state index in [4.69, 9.17) is 0 Å². The second-order valence-corrected chi connectivity index (χ2v) is 9.46. The molecule has 1 unspecified atom stereocenters. The zero-order valence-electron chi connectivity index (χ0n) is 12.6. The highest BCUT2D eigenvalue weighted by molar-refractivity contribution is 9.10. The molecule has 1 atom stereocenters. The average molecular weight is 394 g/mol. The third-order valence-electron chi connectivity index (χ3n) is 3.00. The number of hydrogen-bond acceptors (Lipinski definition) is 4. The summed E-state index contributed by atoms with van der Waals surface area (Å²) in [5, 5.41) is 3.51. The van der Waals surface area contributed by atoms with Gasteiger partial charge in [-0.25, -0.2) is 8.42 Å². The molecule has 0 radical (unpaired) electrons. The third-order valence-corrected chi connectivity index (χ3v) is 5.68. The van der Waals surface area contributed by atoms with E-state index >= 15 is 0 Å². The lowest BCUT2D eigenvalue weighted by Crippen LogP contribution is -2.32. The van der Waals surface area contributed by atoms with Gasteiger partial charge in [-0.3, -0.25) is 0 Å². The molecular formula is C15H24BrNO2S2. The van der Waals surface area contributed by atoms with Crippen molar-refractivity contribution >= 4 is 37.5 Å². The van der Waals surface area contributed by atoms with E-state index in [2.05, 4.69) is 40.3 Å². The summed E-state index contributed by atoms with van der Waals surface area (Å²) in [6.45, 7) is 3.12. The molecule has 0 aliphatic heterocycles. The van der Waals surface area contributed by atoms with E-state index < -0.39 is 9.84 Å². The fourth-order valence-electron chi connectivity index (χ4n) is 1.94. The summed E-state index contributed by atoms with van der Waals surface area (Å²) in [7, 11) is -2.85. The summed E-state index contributed by atoms with van der Waals surface area (Å²) in [4.78, 5) is 1.23. The number of halogens is 1. The molecule has 0 saturated heterocycles. The second-order valence-electron chi connectivity index (χ2n) is 5.19. The summed E-state index contributed by atoms with van der Waals surface area (Å²) in [5.74, 6) is 1.24. The molecular weight excluding hydrogens is 370 g/mol. The average Bonchev–Trinajstić information content (AvgIpc) is 2.40. The number of sulfone groups is 1. The molecule has 0 spiro atoms. The first-order chi connectivity index (χ1) is 9.90. The van der Waals surface area contributed by atoms with Crippen molar-refractivity contribution in [1.82, 2.24) is 5.32 Å². The number of nitrogens with one attached hydrogen (secondary N) is 1. The SMILES string of the molecule is CCCNC(CCCS(C)(=O)=O)CSc1cccc(Br)c1. The van der Waals surface area contributed by atoms with E-state index in [-0.39, 0.29) is 5.75 Å². The van der Waals surface area contributed by atoms with Crippen LogP contribution >= 0.6 is 27.7 Å². The highest BCUT2D eigenvalue weighted by Crippen LogP contribution is 2.23. The molecule has 1 aromatic carbocycles. The summed E-state index contributed by atoms with van der Waals surface area (Å²) in [5.41, 5.74) is 0. The van der Waals surface area contributed by atoms with Crippen molar-refractivity contribution in [2.45, 2.75) is 37.1 Å². The molecule has 6 heteroatoms. The quantitative estimate of drug-likeness (QED) is 0.615. The van der Waals surface area contributed by atoms with Crippen LogP contribution in [-0.2, 0) is 9.84 Å². The Morgan fingerprint density at radius 1 is 1.38 bits per heavy atom. The molecule has 120 valence electrons. The van der Waals surface area contributed by atoms with E-state index in [1.165, 1.54) is 11.2 Å². The fraction of sp³-hybridized carbons (Fsp3) is 0.600. The van der Waals surface area contributed by atoms with E-state index in [1.54, 1.807) is 0 Å². The van der Waals surface area contributed by atoms with Crippen molar-refractivity contribution in [1.29, 1.82) is 0 Å². The number of benzene rings is 1. The highest BCUT2D eigenvalue weighted by Gasteiger charge is 2.10. The standard InChI is InChI=1S/C15H24BrNO2S2/c1-3-9-17-14(7-5-10-21(2,18)19)12-20-15-8-4-6-13(16)11-15/h4,6,8,11,14,17H,3,5,7,9-10,12H2,1-2H3. The van der Waals surface area contributed by atoms with Crippen LogP contribution in [0.5, 0.6) is 0 Å². The molecule has 1 rings (SSSR count). The fourth-order valence-corrected chi connectivity index (χ4v) is 4.24. The lowest BCUT2D eigenvalue weighted by atomic mass is 10.2. The van der Waals surface area contributed by atoms with Crippen molar-refractivity contribution in [3.8, 4) is 0 Å². The maximum atomic E-state index is 11.2. The van der Waals surface area contributed by atoms with Gasteiger partial charge in [0.15, 0.2) is 0 Å². The van der Waals surface area contributed by atoms with Crippen LogP contribution in [0.15, 0.2) is 33.6 Å². The first-order valence-electron chi connectivity index (χ1n) is 7.20. The van der Waals surface area contributed by atoms with Crippen LogP contribution < -0.4 is 5.32 Å². The Labute approximate surface area is 141 Å². The van der Waals surface area contributed by atoms with Crippen LogP contribution in [0, 0.1) is 0 Å². The Balaban J connectivity index is 2.45. The van der Waals surface area contributed by atoms with Gasteiger partial charge in [-0.05, 0) is 44.0 Å². The topological polar surface area (TPSA) is 46.2 Å². The zero-order valence-corrected chi connectivity index (χ0v) is 15.9. The molecule has 0 bridgehead atoms. The largest absolute Gasteiger partial charge is 0.313 e. The summed E-state index contributed by atoms with van der Waals surface area (Å²) < 4.78 is 23.5. The lowest BCUT2D eigenvalue weighted by Gasteiger charge is -2.18. The molecule has 3 nitrogen and oxygen atoms in total. The predicted molar refractivity (Wildman–Crippen MR) is 95.9 cm³/mol. The molecule has 0 heterocycles. The van der Waals surface area contributed by atoms with E-state index in [0.717, 1.165) is 36.0 Å². The summed E-state index contributed by atoms with van der Waals surface area (Å²) >= 11 is 5.29. The molecule has 21 heavy (non-hydrogen) atoms. The van der Waals surface area contributed by atoms with Gasteiger partial charge in [-0.1, -0.05) is 28.9 Å². The molecule has 0 aliphatic rings. The van der Waals surface area contributed by atoms with Crippen molar-refractivity contribution in [3.63, 3.8) is 0 Å². The van der Waals surface area contributed by atoms with Crippen LogP contribution in [0.4, 0.5) is 0 Å². The van der Waals surface area contributed by atoms with Crippen LogP contribution in [-0.4, -0.2) is 38.8 Å². The lowest BCUT2D eigenvalue weighted by molar-refractivity contribution is 0.512. The van der Waals surface area contributed by atoms with Gasteiger partial charge >= 0.3 is 0 Å². The Kier molecular flexibility index (Phi) is 8.94. The van der Waals surface area contributed by atoms with Gasteiger partial charge < -0.3 is 5.32 Å². The van der Waals surface area contributed by atoms with Crippen LogP contribution in [0.1, 0.15) is 26.2 Å². The van der Waals surface area contributed by atoms with Crippen molar-refractivity contribution in [2.24, 2.45) is 0 Å². The molecule has 0 fully saturated rings. The van der Waals surface area contributed by atoms with Gasteiger partial charge in [-0.2, -0.15) is 0 Å². The smallest absolute Gasteiger partial charge is 0.147 e. The predicted octanol–water partition coefficient (Wildman–Crippen LogP) is 3.73. The van der Waals surface area contributed by atoms with Gasteiger partial charge in [0.25, 0.3) is 0 Å². The first kappa shape index (κ1) is 19.0. The van der Waals surface area contributed by atoms with Crippen LogP contribution in [0.2, 0.25) is 0 Å². The summed E-state index contributed by atoms with van der Waals surface area (Å²) in [6, 6.07) is 8.62. The number of rotatable bonds is 10. The van der Waals surface area contributed by atoms with Gasteiger partial charge in [0.1, 0.15) is 9.84 Å². The van der Waals surface area contributed by atoms with E-state index in [0.29, 0.717) is 6.04 Å². The number of thioether (sulfide) groups is 1. The van der Waals surface area contributed by atoms with Gasteiger partial charge in [0.05, 0.1) is 0 Å². The maximum absolute atomic E-state index is 11.2. The molecule has 1 N–H and O–H groups in total. The number of hydrogen-bond donors (Lipinski definition) is 1. The van der Waals surface area contributed by atoms with E-state index in [1.807, 2.05) is 23.9 Å². The Morgan fingerprint density at radius 3 is 2.76 bits per heavy atom. The van der Waals surface area contributed by atoms with Gasteiger partial charge in [-0.15, -0.1) is 11.8 Å². The Morgan fingerprint density at radius 2 is 2.14 bits per heavy atom. The Bertz CT molecular complexity index is 520. The maximum Gasteiger partial charge on any atom is 0.147 e. The van der Waals surface area contributed by atoms with Gasteiger partial charge in [0.2, 0.25) is 0 Å². The van der Waals surface area contributed by atoms with Crippen LogP contribution in [0.25, 0.3) is 0 Å². The molecule has 1 aromatic rings. The van der Waals surface area contributed by atoms with Gasteiger partial charge in [0, 0.05) is 33.2 Å². The van der Waals surface area contributed by atoms with Crippen LogP contribution in [0.3, 0.4) is 0 Å². The molecule has 0 saturated carbocycles. The minimum absolute atomic E-state index is 0.277. The zero-order chi connectivity index (χ0) is 15.7. The van der Waals surface area contributed by atoms with Crippen molar-refractivity contribution in [3.05, 3.63) is 28.7 Å². The molecule has 0 amide bonds. The minimum Gasteiger partial charge on any atom is -0.313 e. The monoisotopic (exact) mass is 393 g/mol. The molecule has 0 aromatic heterocycles. The summed E-state index contributed by atoms with van der Waals surface area (Å²) in [6.07, 6.45) is 4.01. The highest BCUT2D eigenvalue weighted by atomic mass is 79.9. The third kappa shape index (κ3) is 9.55. The minimum atomic E-state index is -2.85. The molecule has 0 aliphatic carbocycles. The normalized spacial score (nSPS) is 13.3. The van der Waals surface area contributed by atoms with Crippen molar-refractivity contribution < 1.29 is 8.42 Å². The van der Waals surface area contributed by atoms with E-state index in [9.17, 15) is 8.42 Å². The Hall–Kier alpha value is -0.0400. The second kappa shape index (κ2) is 9.87. The van der Waals surface area contributed by atoms with Crippen molar-refractivity contribution in [2.75, 3.05) is 24.3 Å². The first-order valence-corrected chi connectivity index (χ1v) is 11.0.